The lowest BCUT2D eigenvalue weighted by Crippen LogP contribution is -2.28. The van der Waals surface area contributed by atoms with E-state index < -0.39 is 5.82 Å². The molecule has 1 aromatic heterocycles. The summed E-state index contributed by atoms with van der Waals surface area (Å²) in [4.78, 5) is 0. The largest absolute Gasteiger partial charge is 0.273 e. The quantitative estimate of drug-likeness (QED) is 0.654. The van der Waals surface area contributed by atoms with Crippen LogP contribution in [0.15, 0.2) is 30.5 Å². The van der Waals surface area contributed by atoms with E-state index in [0.29, 0.717) is 0 Å². The minimum Gasteiger partial charge on any atom is -0.273 e. The Balaban J connectivity index is 2.07. The number of benzene rings is 1. The summed E-state index contributed by atoms with van der Waals surface area (Å²) in [5.41, 5.74) is 4.73. The fourth-order valence-electron chi connectivity index (χ4n) is 2.01. The Labute approximate surface area is 116 Å². The molecule has 0 spiro atoms. The van der Waals surface area contributed by atoms with E-state index in [1.807, 2.05) is 17.8 Å². The highest BCUT2D eigenvalue weighted by atomic mass is 35.5. The second kappa shape index (κ2) is 6.14. The highest BCUT2D eigenvalue weighted by molar-refractivity contribution is 6.30. The summed E-state index contributed by atoms with van der Waals surface area (Å²) in [5, 5.41) is 4.22. The van der Waals surface area contributed by atoms with E-state index in [-0.39, 0.29) is 11.1 Å². The van der Waals surface area contributed by atoms with E-state index >= 15 is 0 Å². The highest BCUT2D eigenvalue weighted by Gasteiger charge is 2.12. The molecular weight excluding hydrogens is 267 g/mol. The normalized spacial score (nSPS) is 12.6. The molecule has 0 aliphatic heterocycles. The lowest BCUT2D eigenvalue weighted by Gasteiger charge is -2.16. The molecule has 19 heavy (non-hydrogen) atoms. The molecule has 0 amide bonds. The second-order valence-electron chi connectivity index (χ2n) is 4.38. The number of nitrogens with zero attached hydrogens (tertiary/aromatic N) is 2. The van der Waals surface area contributed by atoms with Gasteiger partial charge in [0, 0.05) is 25.0 Å². The maximum absolute atomic E-state index is 13.1. The van der Waals surface area contributed by atoms with Crippen LogP contribution in [0.5, 0.6) is 0 Å². The van der Waals surface area contributed by atoms with Gasteiger partial charge in [-0.25, -0.2) is 4.39 Å². The van der Waals surface area contributed by atoms with Gasteiger partial charge in [-0.3, -0.25) is 16.0 Å². The van der Waals surface area contributed by atoms with Crippen molar-refractivity contribution < 1.29 is 4.39 Å². The van der Waals surface area contributed by atoms with Gasteiger partial charge in [0.2, 0.25) is 0 Å². The maximum Gasteiger partial charge on any atom is 0.141 e. The van der Waals surface area contributed by atoms with Gasteiger partial charge in [-0.1, -0.05) is 17.7 Å². The number of hydrogen-bond donors (Lipinski definition) is 2. The van der Waals surface area contributed by atoms with Gasteiger partial charge in [0.25, 0.3) is 0 Å². The standard InChI is InChI=1S/C13H16ClFN4/c1-19-10(6-7-17-19)3-5-13(18-16)9-2-4-12(15)11(14)8-9/h2,4,6-8,13,18H,3,5,16H2,1H3. The monoisotopic (exact) mass is 282 g/mol. The van der Waals surface area contributed by atoms with Gasteiger partial charge in [0.1, 0.15) is 5.82 Å². The van der Waals surface area contributed by atoms with Crippen molar-refractivity contribution >= 4 is 11.6 Å². The van der Waals surface area contributed by atoms with Crippen LogP contribution in [0.1, 0.15) is 23.7 Å². The fourth-order valence-corrected chi connectivity index (χ4v) is 2.20. The first-order chi connectivity index (χ1) is 9.11. The minimum atomic E-state index is -0.423. The Kier molecular flexibility index (Phi) is 4.52. The number of hydrazine groups is 1. The number of aromatic nitrogens is 2. The van der Waals surface area contributed by atoms with E-state index in [2.05, 4.69) is 10.5 Å². The number of halogens is 2. The molecule has 0 bridgehead atoms. The average molecular weight is 283 g/mol. The second-order valence-corrected chi connectivity index (χ2v) is 4.78. The molecule has 3 N–H and O–H groups in total. The third-order valence-electron chi connectivity index (χ3n) is 3.16. The van der Waals surface area contributed by atoms with Crippen molar-refractivity contribution in [1.29, 1.82) is 0 Å². The minimum absolute atomic E-state index is 0.0759. The van der Waals surface area contributed by atoms with E-state index in [1.54, 1.807) is 18.3 Å². The van der Waals surface area contributed by atoms with Crippen LogP contribution in [-0.4, -0.2) is 9.78 Å². The molecule has 1 aromatic carbocycles. The Bertz CT molecular complexity index is 555. The van der Waals surface area contributed by atoms with Crippen molar-refractivity contribution in [2.75, 3.05) is 0 Å². The SMILES string of the molecule is Cn1nccc1CCC(NN)c1ccc(F)c(Cl)c1. The Hall–Kier alpha value is -1.43. The zero-order valence-corrected chi connectivity index (χ0v) is 11.4. The average Bonchev–Trinajstić information content (AvgIpc) is 2.80. The summed E-state index contributed by atoms with van der Waals surface area (Å²) in [5.74, 6) is 5.14. The predicted molar refractivity (Wildman–Crippen MR) is 73.0 cm³/mol. The van der Waals surface area contributed by atoms with Crippen molar-refractivity contribution in [2.45, 2.75) is 18.9 Å². The Morgan fingerprint density at radius 2 is 2.26 bits per heavy atom. The molecule has 1 atom stereocenters. The molecule has 1 unspecified atom stereocenters. The first-order valence-corrected chi connectivity index (χ1v) is 6.37. The number of aryl methyl sites for hydroxylation is 2. The smallest absolute Gasteiger partial charge is 0.141 e. The summed E-state index contributed by atoms with van der Waals surface area (Å²) in [6.07, 6.45) is 3.35. The van der Waals surface area contributed by atoms with Gasteiger partial charge < -0.3 is 0 Å². The van der Waals surface area contributed by atoms with Crippen molar-refractivity contribution in [3.8, 4) is 0 Å². The maximum atomic E-state index is 13.1. The summed E-state index contributed by atoms with van der Waals surface area (Å²) < 4.78 is 15.0. The number of nitrogens with two attached hydrogens (primary N) is 1. The topological polar surface area (TPSA) is 55.9 Å². The van der Waals surface area contributed by atoms with Gasteiger partial charge in [-0.15, -0.1) is 0 Å². The zero-order chi connectivity index (χ0) is 13.8. The van der Waals surface area contributed by atoms with Crippen LogP contribution in [-0.2, 0) is 13.5 Å². The summed E-state index contributed by atoms with van der Waals surface area (Å²) >= 11 is 5.78. The van der Waals surface area contributed by atoms with E-state index in [4.69, 9.17) is 17.4 Å². The molecule has 2 aromatic rings. The van der Waals surface area contributed by atoms with Gasteiger partial charge in [-0.2, -0.15) is 5.10 Å². The lowest BCUT2D eigenvalue weighted by molar-refractivity contribution is 0.505. The molecule has 0 saturated heterocycles. The molecule has 2 rings (SSSR count). The Morgan fingerprint density at radius 3 is 2.84 bits per heavy atom. The third kappa shape index (κ3) is 3.32. The lowest BCUT2D eigenvalue weighted by atomic mass is 10.0. The van der Waals surface area contributed by atoms with Gasteiger partial charge in [-0.05, 0) is 36.6 Å². The first-order valence-electron chi connectivity index (χ1n) is 5.99. The molecule has 0 aliphatic rings. The molecule has 0 fully saturated rings. The summed E-state index contributed by atoms with van der Waals surface area (Å²) in [7, 11) is 1.90. The summed E-state index contributed by atoms with van der Waals surface area (Å²) in [6, 6.07) is 6.53. The van der Waals surface area contributed by atoms with Crippen LogP contribution < -0.4 is 11.3 Å². The molecule has 6 heteroatoms. The molecule has 4 nitrogen and oxygen atoms in total. The van der Waals surface area contributed by atoms with Crippen molar-refractivity contribution in [3.05, 3.63) is 52.6 Å². The van der Waals surface area contributed by atoms with Gasteiger partial charge in [0.05, 0.1) is 5.02 Å². The van der Waals surface area contributed by atoms with Crippen molar-refractivity contribution in [3.63, 3.8) is 0 Å². The molecular formula is C13H16ClFN4. The first kappa shape index (κ1) is 14.0. The van der Waals surface area contributed by atoms with E-state index in [0.717, 1.165) is 24.1 Å². The molecule has 0 aliphatic carbocycles. The van der Waals surface area contributed by atoms with E-state index in [1.165, 1.54) is 6.07 Å². The zero-order valence-electron chi connectivity index (χ0n) is 10.6. The van der Waals surface area contributed by atoms with E-state index in [9.17, 15) is 4.39 Å². The van der Waals surface area contributed by atoms with Crippen molar-refractivity contribution in [1.82, 2.24) is 15.2 Å². The fraction of sp³-hybridized carbons (Fsp3) is 0.308. The van der Waals surface area contributed by atoms with Gasteiger partial charge >= 0.3 is 0 Å². The van der Waals surface area contributed by atoms with Crippen LogP contribution in [0.25, 0.3) is 0 Å². The predicted octanol–water partition coefficient (Wildman–Crippen LogP) is 2.35. The molecule has 0 radical (unpaired) electrons. The van der Waals surface area contributed by atoms with Crippen LogP contribution in [0.3, 0.4) is 0 Å². The molecule has 0 saturated carbocycles. The molecule has 1 heterocycles. The highest BCUT2D eigenvalue weighted by Crippen LogP contribution is 2.23. The number of hydrogen-bond acceptors (Lipinski definition) is 3. The van der Waals surface area contributed by atoms with Gasteiger partial charge in [0.15, 0.2) is 0 Å². The van der Waals surface area contributed by atoms with Crippen molar-refractivity contribution in [2.24, 2.45) is 12.9 Å². The number of nitrogens with one attached hydrogen (secondary N) is 1. The Morgan fingerprint density at radius 1 is 1.47 bits per heavy atom. The van der Waals surface area contributed by atoms with Crippen LogP contribution in [0, 0.1) is 5.82 Å². The van der Waals surface area contributed by atoms with Crippen LogP contribution in [0.2, 0.25) is 5.02 Å². The summed E-state index contributed by atoms with van der Waals surface area (Å²) in [6.45, 7) is 0. The number of rotatable bonds is 5. The molecule has 102 valence electrons. The van der Waals surface area contributed by atoms with Crippen LogP contribution >= 0.6 is 11.6 Å². The third-order valence-corrected chi connectivity index (χ3v) is 3.45. The van der Waals surface area contributed by atoms with Crippen LogP contribution in [0.4, 0.5) is 4.39 Å².